The summed E-state index contributed by atoms with van der Waals surface area (Å²) >= 11 is 4.75. The van der Waals surface area contributed by atoms with Crippen LogP contribution in [-0.4, -0.2) is 26.6 Å². The number of nitrogens with zero attached hydrogens (tertiary/aromatic N) is 1. The number of nitrogens with one attached hydrogen (secondary N) is 1. The molecule has 8 heteroatoms. The number of anilines is 2. The van der Waals surface area contributed by atoms with Crippen molar-refractivity contribution in [2.75, 3.05) is 16.7 Å². The van der Waals surface area contributed by atoms with E-state index in [1.165, 1.54) is 29.2 Å². The molecule has 0 unspecified atom stereocenters. The number of halogens is 1. The molecule has 1 amide bonds. The van der Waals surface area contributed by atoms with Crippen molar-refractivity contribution in [3.8, 4) is 0 Å². The van der Waals surface area contributed by atoms with Crippen molar-refractivity contribution < 1.29 is 13.2 Å². The molecule has 1 atom stereocenters. The highest BCUT2D eigenvalue weighted by Gasteiger charge is 2.27. The van der Waals surface area contributed by atoms with Crippen LogP contribution in [0.2, 0.25) is 0 Å². The second kappa shape index (κ2) is 6.42. The molecule has 0 fully saturated rings. The van der Waals surface area contributed by atoms with E-state index in [4.69, 9.17) is 0 Å². The molecule has 2 aromatic carbocycles. The maximum atomic E-state index is 12.8. The molecule has 0 radical (unpaired) electrons. The number of carbonyl (C=O) groups is 1. The maximum Gasteiger partial charge on any atom is 0.264 e. The molecule has 24 heavy (non-hydrogen) atoms. The van der Waals surface area contributed by atoms with Gasteiger partial charge in [-0.15, -0.1) is 11.8 Å². The zero-order chi connectivity index (χ0) is 17.5. The van der Waals surface area contributed by atoms with Crippen LogP contribution in [0.15, 0.2) is 56.7 Å². The Morgan fingerprint density at radius 3 is 2.50 bits per heavy atom. The zero-order valence-corrected chi connectivity index (χ0v) is 16.2. The first-order valence-electron chi connectivity index (χ1n) is 7.15. The van der Waals surface area contributed by atoms with E-state index in [2.05, 4.69) is 21.2 Å². The molecule has 0 bridgehead atoms. The van der Waals surface area contributed by atoms with Crippen molar-refractivity contribution in [3.63, 3.8) is 0 Å². The summed E-state index contributed by atoms with van der Waals surface area (Å²) < 4.78 is 27.8. The number of hydrogen-bond acceptors (Lipinski definition) is 4. The third-order valence-electron chi connectivity index (χ3n) is 3.73. The van der Waals surface area contributed by atoms with Gasteiger partial charge in [-0.05, 0) is 49.4 Å². The van der Waals surface area contributed by atoms with Crippen LogP contribution in [0.1, 0.15) is 6.92 Å². The van der Waals surface area contributed by atoms with Gasteiger partial charge in [0.25, 0.3) is 10.0 Å². The lowest BCUT2D eigenvalue weighted by Gasteiger charge is -2.24. The quantitative estimate of drug-likeness (QED) is 0.811. The lowest BCUT2D eigenvalue weighted by Crippen LogP contribution is -2.28. The summed E-state index contributed by atoms with van der Waals surface area (Å²) in [5.74, 6) is -0.122. The fourth-order valence-corrected chi connectivity index (χ4v) is 4.71. The maximum absolute atomic E-state index is 12.8. The normalized spacial score (nSPS) is 17.1. The molecule has 1 aliphatic heterocycles. The Bertz CT molecular complexity index is 898. The minimum absolute atomic E-state index is 0.122. The molecule has 1 N–H and O–H groups in total. The van der Waals surface area contributed by atoms with E-state index >= 15 is 0 Å². The Balaban J connectivity index is 1.97. The second-order valence-electron chi connectivity index (χ2n) is 5.36. The van der Waals surface area contributed by atoms with Gasteiger partial charge in [0.2, 0.25) is 5.91 Å². The molecule has 2 aromatic rings. The summed E-state index contributed by atoms with van der Waals surface area (Å²) in [5.41, 5.74) is 1.09. The number of sulfonamides is 1. The summed E-state index contributed by atoms with van der Waals surface area (Å²) in [4.78, 5) is 12.8. The summed E-state index contributed by atoms with van der Waals surface area (Å²) in [6, 6.07) is 11.8. The van der Waals surface area contributed by atoms with Gasteiger partial charge in [-0.1, -0.05) is 15.9 Å². The number of thioether (sulfide) groups is 1. The second-order valence-corrected chi connectivity index (χ2v) is 9.62. The molecule has 3 rings (SSSR count). The van der Waals surface area contributed by atoms with E-state index in [1.54, 1.807) is 36.4 Å². The lowest BCUT2D eigenvalue weighted by molar-refractivity contribution is -0.115. The van der Waals surface area contributed by atoms with Crippen LogP contribution in [0.25, 0.3) is 0 Å². The lowest BCUT2D eigenvalue weighted by atomic mass is 10.3. The van der Waals surface area contributed by atoms with Crippen LogP contribution >= 0.6 is 27.7 Å². The number of rotatable bonds is 3. The van der Waals surface area contributed by atoms with Crippen LogP contribution in [0.4, 0.5) is 11.4 Å². The highest BCUT2D eigenvalue weighted by atomic mass is 79.9. The summed E-state index contributed by atoms with van der Waals surface area (Å²) in [7, 11) is -2.20. The standard InChI is InChI=1S/C16H15BrN2O3S2/c1-10-16(20)18-14-9-13(7-8-15(14)23-10)24(21,22)19(2)12-5-3-11(17)4-6-12/h3-10H,1-2H3,(H,18,20)/t10-/m1/s1. The predicted octanol–water partition coefficient (Wildman–Crippen LogP) is 3.71. The van der Waals surface area contributed by atoms with Crippen LogP contribution in [0.5, 0.6) is 0 Å². The number of carbonyl (C=O) groups excluding carboxylic acids is 1. The third-order valence-corrected chi connectivity index (χ3v) is 7.22. The van der Waals surface area contributed by atoms with Gasteiger partial charge in [0.05, 0.1) is 21.5 Å². The first-order chi connectivity index (χ1) is 11.3. The fourth-order valence-electron chi connectivity index (χ4n) is 2.30. The molecule has 0 spiro atoms. The number of hydrogen-bond donors (Lipinski definition) is 1. The van der Waals surface area contributed by atoms with E-state index in [9.17, 15) is 13.2 Å². The monoisotopic (exact) mass is 426 g/mol. The van der Waals surface area contributed by atoms with E-state index in [-0.39, 0.29) is 16.1 Å². The van der Waals surface area contributed by atoms with E-state index < -0.39 is 10.0 Å². The largest absolute Gasteiger partial charge is 0.324 e. The minimum atomic E-state index is -3.71. The molecule has 0 aromatic heterocycles. The van der Waals surface area contributed by atoms with Crippen LogP contribution in [-0.2, 0) is 14.8 Å². The Kier molecular flexibility index (Phi) is 4.63. The fraction of sp³-hybridized carbons (Fsp3) is 0.188. The highest BCUT2D eigenvalue weighted by molar-refractivity contribution is 9.10. The van der Waals surface area contributed by atoms with Crippen LogP contribution < -0.4 is 9.62 Å². The van der Waals surface area contributed by atoms with E-state index in [0.29, 0.717) is 11.4 Å². The van der Waals surface area contributed by atoms with Crippen LogP contribution in [0, 0.1) is 0 Å². The molecule has 0 saturated heterocycles. The molecule has 126 valence electrons. The Labute approximate surface area is 153 Å². The van der Waals surface area contributed by atoms with Gasteiger partial charge in [0.15, 0.2) is 0 Å². The predicted molar refractivity (Wildman–Crippen MR) is 100 cm³/mol. The van der Waals surface area contributed by atoms with Crippen molar-refractivity contribution in [3.05, 3.63) is 46.9 Å². The van der Waals surface area contributed by atoms with E-state index in [0.717, 1.165) is 9.37 Å². The van der Waals surface area contributed by atoms with Crippen molar-refractivity contribution in [2.45, 2.75) is 22.0 Å². The van der Waals surface area contributed by atoms with E-state index in [1.807, 2.05) is 6.92 Å². The zero-order valence-electron chi connectivity index (χ0n) is 13.0. The summed E-state index contributed by atoms with van der Waals surface area (Å²) in [6.45, 7) is 1.81. The number of amides is 1. The average molecular weight is 427 g/mol. The molecule has 0 aliphatic carbocycles. The minimum Gasteiger partial charge on any atom is -0.324 e. The van der Waals surface area contributed by atoms with Gasteiger partial charge < -0.3 is 5.32 Å². The molecule has 0 saturated carbocycles. The van der Waals surface area contributed by atoms with Gasteiger partial charge in [-0.25, -0.2) is 8.42 Å². The van der Waals surface area contributed by atoms with Crippen molar-refractivity contribution >= 4 is 55.0 Å². The molecular formula is C16H15BrN2O3S2. The van der Waals surface area contributed by atoms with Crippen molar-refractivity contribution in [1.29, 1.82) is 0 Å². The summed E-state index contributed by atoms with van der Waals surface area (Å²) in [6.07, 6.45) is 0. The topological polar surface area (TPSA) is 66.5 Å². The Hall–Kier alpha value is -1.51. The smallest absolute Gasteiger partial charge is 0.264 e. The first kappa shape index (κ1) is 17.3. The van der Waals surface area contributed by atoms with Crippen LogP contribution in [0.3, 0.4) is 0 Å². The van der Waals surface area contributed by atoms with Gasteiger partial charge >= 0.3 is 0 Å². The molecule has 1 heterocycles. The number of fused-ring (bicyclic) bond motifs is 1. The van der Waals surface area contributed by atoms with Gasteiger partial charge in [-0.2, -0.15) is 0 Å². The average Bonchev–Trinajstić information content (AvgIpc) is 2.55. The van der Waals surface area contributed by atoms with Gasteiger partial charge in [0.1, 0.15) is 0 Å². The molecule has 1 aliphatic rings. The number of benzene rings is 2. The molecular weight excluding hydrogens is 412 g/mol. The van der Waals surface area contributed by atoms with Gasteiger partial charge in [-0.3, -0.25) is 9.10 Å². The first-order valence-corrected chi connectivity index (χ1v) is 10.3. The van der Waals surface area contributed by atoms with Crippen molar-refractivity contribution in [2.24, 2.45) is 0 Å². The van der Waals surface area contributed by atoms with Crippen molar-refractivity contribution in [1.82, 2.24) is 0 Å². The SMILES string of the molecule is C[C@H]1Sc2ccc(S(=O)(=O)N(C)c3ccc(Br)cc3)cc2NC1=O. The highest BCUT2D eigenvalue weighted by Crippen LogP contribution is 2.37. The third kappa shape index (κ3) is 3.18. The Morgan fingerprint density at radius 1 is 1.17 bits per heavy atom. The Morgan fingerprint density at radius 2 is 1.83 bits per heavy atom. The molecule has 5 nitrogen and oxygen atoms in total. The van der Waals surface area contributed by atoms with Gasteiger partial charge in [0, 0.05) is 16.4 Å². The summed E-state index contributed by atoms with van der Waals surface area (Å²) in [5, 5.41) is 2.57.